The molecule has 2 rings (SSSR count). The van der Waals surface area contributed by atoms with Crippen LogP contribution in [-0.2, 0) is 16.6 Å². The van der Waals surface area contributed by atoms with Crippen molar-refractivity contribution >= 4 is 10.0 Å². The highest BCUT2D eigenvalue weighted by molar-refractivity contribution is 7.89. The first-order valence-corrected chi connectivity index (χ1v) is 6.05. The zero-order valence-electron chi connectivity index (χ0n) is 8.29. The van der Waals surface area contributed by atoms with Crippen molar-refractivity contribution in [2.75, 3.05) is 0 Å². The molecule has 2 N–H and O–H groups in total. The van der Waals surface area contributed by atoms with Crippen LogP contribution in [-0.4, -0.2) is 23.4 Å². The molecule has 0 spiro atoms. The maximum absolute atomic E-state index is 11.7. The fourth-order valence-electron chi connectivity index (χ4n) is 1.15. The largest absolute Gasteiger partial charge is 0.347 e. The van der Waals surface area contributed by atoms with Crippen LogP contribution in [0.1, 0.15) is 5.82 Å². The summed E-state index contributed by atoms with van der Waals surface area (Å²) in [5, 5.41) is 0. The van der Waals surface area contributed by atoms with Gasteiger partial charge in [-0.05, 0) is 12.1 Å². The lowest BCUT2D eigenvalue weighted by Crippen LogP contribution is -2.23. The number of aromatic amines is 1. The number of rotatable bonds is 4. The Morgan fingerprint density at radius 3 is 2.88 bits per heavy atom. The molecule has 2 aromatic heterocycles. The minimum atomic E-state index is -3.51. The summed E-state index contributed by atoms with van der Waals surface area (Å²) in [6.45, 7) is 0.129. The van der Waals surface area contributed by atoms with E-state index >= 15 is 0 Å². The highest BCUT2D eigenvalue weighted by Crippen LogP contribution is 2.05. The Morgan fingerprint density at radius 1 is 1.38 bits per heavy atom. The SMILES string of the molecule is O=S(=O)(NCc1ncc[nH]1)c1cccnc1. The monoisotopic (exact) mass is 238 g/mol. The molecule has 2 aromatic rings. The topological polar surface area (TPSA) is 87.7 Å². The lowest BCUT2D eigenvalue weighted by atomic mass is 10.5. The number of H-pyrrole nitrogens is 1. The second-order valence-corrected chi connectivity index (χ2v) is 4.82. The van der Waals surface area contributed by atoms with Gasteiger partial charge in [-0.25, -0.2) is 18.1 Å². The summed E-state index contributed by atoms with van der Waals surface area (Å²) in [5.74, 6) is 0.562. The van der Waals surface area contributed by atoms with Gasteiger partial charge in [0.1, 0.15) is 10.7 Å². The lowest BCUT2D eigenvalue weighted by molar-refractivity contribution is 0.579. The van der Waals surface area contributed by atoms with Gasteiger partial charge in [-0.2, -0.15) is 0 Å². The quantitative estimate of drug-likeness (QED) is 0.801. The fraction of sp³-hybridized carbons (Fsp3) is 0.111. The van der Waals surface area contributed by atoms with Crippen LogP contribution in [0, 0.1) is 0 Å². The zero-order chi connectivity index (χ0) is 11.4. The second kappa shape index (κ2) is 4.42. The molecule has 0 aliphatic heterocycles. The lowest BCUT2D eigenvalue weighted by Gasteiger charge is -2.04. The van der Waals surface area contributed by atoms with Crippen molar-refractivity contribution in [1.29, 1.82) is 0 Å². The Labute approximate surface area is 92.8 Å². The molecule has 2 heterocycles. The van der Waals surface area contributed by atoms with Gasteiger partial charge >= 0.3 is 0 Å². The van der Waals surface area contributed by atoms with Gasteiger partial charge in [-0.15, -0.1) is 0 Å². The van der Waals surface area contributed by atoms with Crippen molar-refractivity contribution in [2.24, 2.45) is 0 Å². The van der Waals surface area contributed by atoms with Gasteiger partial charge in [0.15, 0.2) is 0 Å². The van der Waals surface area contributed by atoms with Gasteiger partial charge in [0.25, 0.3) is 0 Å². The maximum Gasteiger partial charge on any atom is 0.242 e. The van der Waals surface area contributed by atoms with Crippen molar-refractivity contribution in [1.82, 2.24) is 19.7 Å². The minimum absolute atomic E-state index is 0.129. The van der Waals surface area contributed by atoms with E-state index in [4.69, 9.17) is 0 Å². The Kier molecular flexibility index (Phi) is 2.97. The normalized spacial score (nSPS) is 11.5. The number of hydrogen-bond donors (Lipinski definition) is 2. The van der Waals surface area contributed by atoms with E-state index in [-0.39, 0.29) is 11.4 Å². The molecule has 84 valence electrons. The summed E-state index contributed by atoms with van der Waals surface area (Å²) in [5.41, 5.74) is 0. The van der Waals surface area contributed by atoms with E-state index < -0.39 is 10.0 Å². The van der Waals surface area contributed by atoms with Gasteiger partial charge in [0.05, 0.1) is 6.54 Å². The summed E-state index contributed by atoms with van der Waals surface area (Å²) in [6, 6.07) is 3.05. The number of nitrogens with zero attached hydrogens (tertiary/aromatic N) is 2. The third-order valence-corrected chi connectivity index (χ3v) is 3.32. The number of aromatic nitrogens is 3. The third kappa shape index (κ3) is 2.44. The molecule has 0 radical (unpaired) electrons. The molecule has 0 amide bonds. The molecule has 0 atom stereocenters. The molecule has 0 aliphatic carbocycles. The van der Waals surface area contributed by atoms with E-state index in [9.17, 15) is 8.42 Å². The maximum atomic E-state index is 11.7. The second-order valence-electron chi connectivity index (χ2n) is 3.05. The number of pyridine rings is 1. The molecule has 0 unspecified atom stereocenters. The molecule has 0 saturated heterocycles. The molecule has 0 aromatic carbocycles. The highest BCUT2D eigenvalue weighted by Gasteiger charge is 2.13. The van der Waals surface area contributed by atoms with Crippen molar-refractivity contribution in [3.05, 3.63) is 42.7 Å². The number of nitrogens with one attached hydrogen (secondary N) is 2. The van der Waals surface area contributed by atoms with E-state index in [0.717, 1.165) is 0 Å². The summed E-state index contributed by atoms with van der Waals surface area (Å²) < 4.78 is 25.9. The Bertz CT molecular complexity index is 536. The zero-order valence-corrected chi connectivity index (χ0v) is 9.11. The van der Waals surface area contributed by atoms with Crippen LogP contribution in [0.15, 0.2) is 41.8 Å². The highest BCUT2D eigenvalue weighted by atomic mass is 32.2. The predicted molar refractivity (Wildman–Crippen MR) is 56.9 cm³/mol. The third-order valence-electron chi connectivity index (χ3n) is 1.93. The predicted octanol–water partition coefficient (Wildman–Crippen LogP) is 0.283. The summed E-state index contributed by atoms with van der Waals surface area (Å²) in [7, 11) is -3.51. The van der Waals surface area contributed by atoms with E-state index in [0.29, 0.717) is 5.82 Å². The van der Waals surface area contributed by atoms with E-state index in [1.54, 1.807) is 18.5 Å². The van der Waals surface area contributed by atoms with Gasteiger partial charge in [0, 0.05) is 24.8 Å². The first-order chi connectivity index (χ1) is 7.68. The molecule has 0 saturated carbocycles. The molecule has 0 bridgehead atoms. The van der Waals surface area contributed by atoms with Crippen molar-refractivity contribution < 1.29 is 8.42 Å². The van der Waals surface area contributed by atoms with Crippen LogP contribution in [0.25, 0.3) is 0 Å². The number of hydrogen-bond acceptors (Lipinski definition) is 4. The van der Waals surface area contributed by atoms with Crippen LogP contribution in [0.4, 0.5) is 0 Å². The number of imidazole rings is 1. The smallest absolute Gasteiger partial charge is 0.242 e. The van der Waals surface area contributed by atoms with Gasteiger partial charge < -0.3 is 4.98 Å². The first-order valence-electron chi connectivity index (χ1n) is 4.56. The van der Waals surface area contributed by atoms with E-state index in [2.05, 4.69) is 19.7 Å². The van der Waals surface area contributed by atoms with E-state index in [1.165, 1.54) is 18.5 Å². The summed E-state index contributed by atoms with van der Waals surface area (Å²) in [4.78, 5) is 10.6. The molecule has 16 heavy (non-hydrogen) atoms. The van der Waals surface area contributed by atoms with Gasteiger partial charge in [-0.1, -0.05) is 0 Å². The molecule has 6 nitrogen and oxygen atoms in total. The minimum Gasteiger partial charge on any atom is -0.347 e. The van der Waals surface area contributed by atoms with Gasteiger partial charge in [0.2, 0.25) is 10.0 Å². The molecule has 0 aliphatic rings. The summed E-state index contributed by atoms with van der Waals surface area (Å²) in [6.07, 6.45) is 6.01. The van der Waals surface area contributed by atoms with E-state index in [1.807, 2.05) is 0 Å². The van der Waals surface area contributed by atoms with Gasteiger partial charge in [-0.3, -0.25) is 4.98 Å². The standard InChI is InChI=1S/C9H10N4O2S/c14-16(15,8-2-1-3-10-6-8)13-7-9-11-4-5-12-9/h1-6,13H,7H2,(H,11,12). The van der Waals surface area contributed by atoms with Crippen LogP contribution in [0.3, 0.4) is 0 Å². The molecule has 0 fully saturated rings. The Morgan fingerprint density at radius 2 is 2.25 bits per heavy atom. The van der Waals surface area contributed by atoms with Crippen molar-refractivity contribution in [2.45, 2.75) is 11.4 Å². The number of sulfonamides is 1. The average molecular weight is 238 g/mol. The van der Waals surface area contributed by atoms with Crippen LogP contribution >= 0.6 is 0 Å². The van der Waals surface area contributed by atoms with Crippen LogP contribution in [0.2, 0.25) is 0 Å². The first kappa shape index (κ1) is 10.8. The fourth-order valence-corrected chi connectivity index (χ4v) is 2.10. The van der Waals surface area contributed by atoms with Crippen molar-refractivity contribution in [3.63, 3.8) is 0 Å². The molecule has 7 heteroatoms. The average Bonchev–Trinajstić information content (AvgIpc) is 2.81. The Balaban J connectivity index is 2.10. The Hall–Kier alpha value is -1.73. The van der Waals surface area contributed by atoms with Crippen LogP contribution < -0.4 is 4.72 Å². The summed E-state index contributed by atoms with van der Waals surface area (Å²) >= 11 is 0. The molecular formula is C9H10N4O2S. The van der Waals surface area contributed by atoms with Crippen molar-refractivity contribution in [3.8, 4) is 0 Å². The van der Waals surface area contributed by atoms with Crippen LogP contribution in [0.5, 0.6) is 0 Å². The molecular weight excluding hydrogens is 228 g/mol.